The van der Waals surface area contributed by atoms with Crippen LogP contribution in [0.1, 0.15) is 37.3 Å². The summed E-state index contributed by atoms with van der Waals surface area (Å²) >= 11 is 0. The second-order valence-electron chi connectivity index (χ2n) is 5.42. The molecule has 0 aromatic heterocycles. The highest BCUT2D eigenvalue weighted by molar-refractivity contribution is 5.84. The smallest absolute Gasteiger partial charge is 0.269 e. The number of nitrogens with zero attached hydrogens (tertiary/aromatic N) is 3. The van der Waals surface area contributed by atoms with Gasteiger partial charge in [-0.15, -0.1) is 0 Å². The van der Waals surface area contributed by atoms with Crippen LogP contribution in [-0.2, 0) is 0 Å². The molecule has 3 rings (SSSR count). The van der Waals surface area contributed by atoms with Crippen LogP contribution in [0.4, 0.5) is 5.69 Å². The van der Waals surface area contributed by atoms with E-state index in [9.17, 15) is 10.1 Å². The number of rotatable bonds is 2. The Hall–Kier alpha value is -2.37. The van der Waals surface area contributed by atoms with Crippen molar-refractivity contribution in [1.29, 1.82) is 0 Å². The number of benzene rings is 1. The van der Waals surface area contributed by atoms with Gasteiger partial charge in [-0.05, 0) is 30.5 Å². The van der Waals surface area contributed by atoms with Crippen molar-refractivity contribution in [3.05, 3.63) is 52.2 Å². The molecule has 1 aromatic carbocycles. The summed E-state index contributed by atoms with van der Waals surface area (Å²) in [6, 6.07) is 6.71. The first-order valence-electron chi connectivity index (χ1n) is 7.19. The highest BCUT2D eigenvalue weighted by Gasteiger charge is 2.30. The average Bonchev–Trinajstić information content (AvgIpc) is 2.72. The fraction of sp³-hybridized carbons (Fsp3) is 0.400. The molecule has 1 atom stereocenters. The lowest BCUT2D eigenvalue weighted by atomic mass is 10.0. The number of nitro benzene ring substituents is 1. The predicted octanol–water partition coefficient (Wildman–Crippen LogP) is 2.94. The number of nitro groups is 1. The number of hydrazone groups is 1. The Kier molecular flexibility index (Phi) is 3.60. The van der Waals surface area contributed by atoms with Crippen molar-refractivity contribution in [2.45, 2.75) is 31.7 Å². The maximum atomic E-state index is 10.8. The molecule has 1 fully saturated rings. The summed E-state index contributed by atoms with van der Waals surface area (Å²) in [5.41, 5.74) is 4.94. The van der Waals surface area contributed by atoms with Gasteiger partial charge in [-0.2, -0.15) is 5.10 Å². The Balaban J connectivity index is 1.93. The van der Waals surface area contributed by atoms with Gasteiger partial charge in [-0.3, -0.25) is 15.5 Å². The Morgan fingerprint density at radius 2 is 2.05 bits per heavy atom. The highest BCUT2D eigenvalue weighted by atomic mass is 16.6. The van der Waals surface area contributed by atoms with Crippen LogP contribution in [0, 0.1) is 10.1 Å². The topological polar surface area (TPSA) is 70.8 Å². The minimum absolute atomic E-state index is 0.00333. The fourth-order valence-electron chi connectivity index (χ4n) is 2.96. The first kappa shape index (κ1) is 13.6. The summed E-state index contributed by atoms with van der Waals surface area (Å²) in [6.45, 7) is 5.00. The lowest BCUT2D eigenvalue weighted by Gasteiger charge is -2.38. The van der Waals surface area contributed by atoms with Gasteiger partial charge in [0.1, 0.15) is 5.84 Å². The van der Waals surface area contributed by atoms with E-state index >= 15 is 0 Å². The van der Waals surface area contributed by atoms with Crippen LogP contribution >= 0.6 is 0 Å². The van der Waals surface area contributed by atoms with Gasteiger partial charge < -0.3 is 4.90 Å². The van der Waals surface area contributed by atoms with Gasteiger partial charge in [0, 0.05) is 25.1 Å². The summed E-state index contributed by atoms with van der Waals surface area (Å²) < 4.78 is 0. The number of nitrogens with one attached hydrogen (secondary N) is 1. The van der Waals surface area contributed by atoms with Crippen molar-refractivity contribution in [1.82, 2.24) is 10.3 Å². The molecule has 1 saturated heterocycles. The third kappa shape index (κ3) is 2.61. The monoisotopic (exact) mass is 286 g/mol. The van der Waals surface area contributed by atoms with Crippen LogP contribution in [0.15, 0.2) is 41.6 Å². The summed E-state index contributed by atoms with van der Waals surface area (Å²) in [6.07, 6.45) is 4.45. The second kappa shape index (κ2) is 5.55. The van der Waals surface area contributed by atoms with E-state index in [0.717, 1.165) is 42.9 Å². The molecule has 0 bridgehead atoms. The molecule has 1 unspecified atom stereocenters. The molecule has 2 aliphatic rings. The van der Waals surface area contributed by atoms with Gasteiger partial charge in [0.05, 0.1) is 16.7 Å². The fourth-order valence-corrected chi connectivity index (χ4v) is 2.96. The third-order valence-electron chi connectivity index (χ3n) is 4.02. The van der Waals surface area contributed by atoms with Crippen molar-refractivity contribution < 1.29 is 4.92 Å². The second-order valence-corrected chi connectivity index (χ2v) is 5.42. The maximum absolute atomic E-state index is 10.8. The first-order chi connectivity index (χ1) is 10.2. The molecule has 1 aromatic rings. The molecule has 0 radical (unpaired) electrons. The molecular formula is C15H18N4O2. The largest absolute Gasteiger partial charge is 0.346 e. The molecule has 2 heterocycles. The third-order valence-corrected chi connectivity index (χ3v) is 4.02. The van der Waals surface area contributed by atoms with Crippen molar-refractivity contribution in [2.24, 2.45) is 5.10 Å². The quantitative estimate of drug-likeness (QED) is 0.670. The Labute approximate surface area is 123 Å². The summed E-state index contributed by atoms with van der Waals surface area (Å²) in [4.78, 5) is 12.7. The van der Waals surface area contributed by atoms with E-state index in [2.05, 4.69) is 22.0 Å². The zero-order valence-corrected chi connectivity index (χ0v) is 11.8. The molecule has 1 N–H and O–H groups in total. The van der Waals surface area contributed by atoms with Gasteiger partial charge in [0.15, 0.2) is 0 Å². The molecule has 21 heavy (non-hydrogen) atoms. The van der Waals surface area contributed by atoms with Crippen LogP contribution in [0.25, 0.3) is 0 Å². The average molecular weight is 286 g/mol. The van der Waals surface area contributed by atoms with Crippen LogP contribution in [0.2, 0.25) is 0 Å². The molecule has 0 spiro atoms. The van der Waals surface area contributed by atoms with Crippen LogP contribution in [-0.4, -0.2) is 22.2 Å². The zero-order chi connectivity index (χ0) is 14.8. The standard InChI is InChI=1S/C15H18N4O2/c1-11-15(12-6-8-13(9-7-12)19(20)21)18-10-4-2-3-5-14(18)17-16-11/h6-9,15-16H,1-5,10H2. The van der Waals surface area contributed by atoms with E-state index in [-0.39, 0.29) is 16.7 Å². The van der Waals surface area contributed by atoms with Crippen LogP contribution < -0.4 is 5.43 Å². The van der Waals surface area contributed by atoms with Crippen molar-refractivity contribution in [3.8, 4) is 0 Å². The molecule has 0 saturated carbocycles. The summed E-state index contributed by atoms with van der Waals surface area (Å²) in [5, 5.41) is 15.2. The minimum atomic E-state index is -0.378. The van der Waals surface area contributed by atoms with Crippen molar-refractivity contribution in [2.75, 3.05) is 6.54 Å². The maximum Gasteiger partial charge on any atom is 0.269 e. The van der Waals surface area contributed by atoms with Crippen LogP contribution in [0.3, 0.4) is 0 Å². The summed E-state index contributed by atoms with van der Waals surface area (Å²) in [7, 11) is 0. The molecule has 6 nitrogen and oxygen atoms in total. The molecule has 110 valence electrons. The number of amidine groups is 1. The molecule has 0 amide bonds. The van der Waals surface area contributed by atoms with Gasteiger partial charge in [0.2, 0.25) is 0 Å². The first-order valence-corrected chi connectivity index (χ1v) is 7.19. The lowest BCUT2D eigenvalue weighted by molar-refractivity contribution is -0.384. The van der Waals surface area contributed by atoms with Crippen molar-refractivity contribution >= 4 is 11.5 Å². The Bertz CT molecular complexity index is 594. The minimum Gasteiger partial charge on any atom is -0.346 e. The SMILES string of the molecule is C=C1NN=C2CCCCCN2C1c1ccc([N+](=O)[O-])cc1. The lowest BCUT2D eigenvalue weighted by Crippen LogP contribution is -2.42. The highest BCUT2D eigenvalue weighted by Crippen LogP contribution is 2.33. The summed E-state index contributed by atoms with van der Waals surface area (Å²) in [5.74, 6) is 1.06. The number of non-ortho nitro benzene ring substituents is 1. The normalized spacial score (nSPS) is 21.9. The van der Waals surface area contributed by atoms with E-state index in [1.165, 1.54) is 6.42 Å². The molecule has 0 aliphatic carbocycles. The van der Waals surface area contributed by atoms with E-state index in [1.807, 2.05) is 12.1 Å². The molecular weight excluding hydrogens is 268 g/mol. The predicted molar refractivity (Wildman–Crippen MR) is 80.7 cm³/mol. The van der Waals surface area contributed by atoms with Crippen LogP contribution in [0.5, 0.6) is 0 Å². The van der Waals surface area contributed by atoms with E-state index in [4.69, 9.17) is 0 Å². The van der Waals surface area contributed by atoms with E-state index in [0.29, 0.717) is 0 Å². The van der Waals surface area contributed by atoms with E-state index in [1.54, 1.807) is 12.1 Å². The number of hydrogen-bond donors (Lipinski definition) is 1. The van der Waals surface area contributed by atoms with Crippen molar-refractivity contribution in [3.63, 3.8) is 0 Å². The van der Waals surface area contributed by atoms with E-state index < -0.39 is 0 Å². The molecule has 6 heteroatoms. The number of hydrogen-bond acceptors (Lipinski definition) is 5. The van der Waals surface area contributed by atoms with Gasteiger partial charge in [0.25, 0.3) is 5.69 Å². The van der Waals surface area contributed by atoms with Gasteiger partial charge in [-0.1, -0.05) is 13.0 Å². The zero-order valence-electron chi connectivity index (χ0n) is 11.8. The van der Waals surface area contributed by atoms with Gasteiger partial charge in [-0.25, -0.2) is 0 Å². The Morgan fingerprint density at radius 3 is 2.76 bits per heavy atom. The van der Waals surface area contributed by atoms with Gasteiger partial charge >= 0.3 is 0 Å². The molecule has 2 aliphatic heterocycles. The Morgan fingerprint density at radius 1 is 1.29 bits per heavy atom. The number of fused-ring (bicyclic) bond motifs is 1.